The third-order valence-corrected chi connectivity index (χ3v) is 5.84. The van der Waals surface area contributed by atoms with E-state index in [1.165, 1.54) is 5.56 Å². The zero-order valence-electron chi connectivity index (χ0n) is 14.9. The summed E-state index contributed by atoms with van der Waals surface area (Å²) in [6.45, 7) is 5.52. The smallest absolute Gasteiger partial charge is 0.225 e. The summed E-state index contributed by atoms with van der Waals surface area (Å²) in [5, 5.41) is 9.46. The van der Waals surface area contributed by atoms with Gasteiger partial charge in [0.15, 0.2) is 0 Å². The molecule has 2 aliphatic heterocycles. The molecule has 1 aromatic heterocycles. The van der Waals surface area contributed by atoms with Crippen molar-refractivity contribution in [2.24, 2.45) is 5.92 Å². The van der Waals surface area contributed by atoms with E-state index in [0.717, 1.165) is 63.6 Å². The minimum absolute atomic E-state index is 0.0133. The van der Waals surface area contributed by atoms with Crippen LogP contribution in [0.15, 0.2) is 6.33 Å². The average molecular weight is 345 g/mol. The molecule has 7 nitrogen and oxygen atoms in total. The Kier molecular flexibility index (Phi) is 4.60. The van der Waals surface area contributed by atoms with Crippen molar-refractivity contribution in [2.75, 3.05) is 51.2 Å². The summed E-state index contributed by atoms with van der Waals surface area (Å²) in [6.07, 6.45) is 4.24. The molecule has 7 heteroatoms. The molecular formula is C18H27N5O2. The number of rotatable bonds is 2. The van der Waals surface area contributed by atoms with E-state index < -0.39 is 0 Å². The summed E-state index contributed by atoms with van der Waals surface area (Å²) in [5.41, 5.74) is 2.31. The van der Waals surface area contributed by atoms with Gasteiger partial charge in [-0.1, -0.05) is 0 Å². The van der Waals surface area contributed by atoms with Crippen LogP contribution in [-0.4, -0.2) is 83.2 Å². The summed E-state index contributed by atoms with van der Waals surface area (Å²) in [5.74, 6) is 1.28. The summed E-state index contributed by atoms with van der Waals surface area (Å²) in [6, 6.07) is 0. The molecule has 0 spiro atoms. The Morgan fingerprint density at radius 2 is 1.80 bits per heavy atom. The third kappa shape index (κ3) is 3.35. The van der Waals surface area contributed by atoms with E-state index in [2.05, 4.69) is 26.8 Å². The van der Waals surface area contributed by atoms with Crippen molar-refractivity contribution in [2.45, 2.75) is 31.8 Å². The number of aliphatic hydroxyl groups is 1. The van der Waals surface area contributed by atoms with Crippen molar-refractivity contribution in [1.29, 1.82) is 0 Å². The number of aromatic nitrogens is 2. The van der Waals surface area contributed by atoms with Crippen LogP contribution in [0.25, 0.3) is 0 Å². The highest BCUT2D eigenvalue weighted by Crippen LogP contribution is 2.30. The molecule has 3 aliphatic rings. The van der Waals surface area contributed by atoms with Gasteiger partial charge < -0.3 is 19.8 Å². The van der Waals surface area contributed by atoms with Crippen molar-refractivity contribution in [3.05, 3.63) is 17.6 Å². The van der Waals surface area contributed by atoms with Gasteiger partial charge in [0.1, 0.15) is 12.1 Å². The minimum Gasteiger partial charge on any atom is -0.393 e. The Balaban J connectivity index is 1.48. The molecule has 1 saturated heterocycles. The lowest BCUT2D eigenvalue weighted by molar-refractivity contribution is -0.142. The van der Waals surface area contributed by atoms with Crippen LogP contribution in [0, 0.1) is 5.92 Å². The first kappa shape index (κ1) is 16.7. The zero-order chi connectivity index (χ0) is 17.4. The Morgan fingerprint density at radius 3 is 2.52 bits per heavy atom. The van der Waals surface area contributed by atoms with Gasteiger partial charge in [-0.2, -0.15) is 0 Å². The number of piperazine rings is 1. The Morgan fingerprint density at radius 1 is 1.08 bits per heavy atom. The largest absolute Gasteiger partial charge is 0.393 e. The third-order valence-electron chi connectivity index (χ3n) is 5.84. The summed E-state index contributed by atoms with van der Waals surface area (Å²) < 4.78 is 0. The fourth-order valence-electron chi connectivity index (χ4n) is 4.07. The van der Waals surface area contributed by atoms with Gasteiger partial charge in [0.2, 0.25) is 5.91 Å². The molecule has 1 amide bonds. The molecule has 1 saturated carbocycles. The first-order valence-electron chi connectivity index (χ1n) is 9.35. The minimum atomic E-state index is -0.284. The molecule has 1 aromatic rings. The molecule has 1 N–H and O–H groups in total. The van der Waals surface area contributed by atoms with E-state index in [-0.39, 0.29) is 17.9 Å². The second-order valence-electron chi connectivity index (χ2n) is 7.56. The Labute approximate surface area is 148 Å². The number of carbonyl (C=O) groups excluding carboxylic acids is 1. The molecule has 1 aliphatic carbocycles. The second kappa shape index (κ2) is 6.88. The maximum absolute atomic E-state index is 12.6. The van der Waals surface area contributed by atoms with Crippen LogP contribution >= 0.6 is 0 Å². The first-order valence-corrected chi connectivity index (χ1v) is 9.35. The van der Waals surface area contributed by atoms with E-state index in [0.29, 0.717) is 12.8 Å². The van der Waals surface area contributed by atoms with Crippen molar-refractivity contribution < 1.29 is 9.90 Å². The molecular weight excluding hydrogens is 318 g/mol. The lowest BCUT2D eigenvalue weighted by Gasteiger charge is -2.35. The van der Waals surface area contributed by atoms with E-state index >= 15 is 0 Å². The highest BCUT2D eigenvalue weighted by molar-refractivity contribution is 5.80. The normalized spacial score (nSPS) is 27.4. The predicted octanol–water partition coefficient (Wildman–Crippen LogP) is -0.0735. The number of anilines is 1. The Bertz CT molecular complexity index is 638. The fraction of sp³-hybridized carbons (Fsp3) is 0.722. The maximum Gasteiger partial charge on any atom is 0.225 e. The highest BCUT2D eigenvalue weighted by atomic mass is 16.3. The van der Waals surface area contributed by atoms with Crippen LogP contribution in [0.4, 0.5) is 5.82 Å². The van der Waals surface area contributed by atoms with Gasteiger partial charge >= 0.3 is 0 Å². The van der Waals surface area contributed by atoms with Crippen molar-refractivity contribution in [3.63, 3.8) is 0 Å². The van der Waals surface area contributed by atoms with Gasteiger partial charge in [0.25, 0.3) is 0 Å². The average Bonchev–Trinajstić information content (AvgIpc) is 2.82. The van der Waals surface area contributed by atoms with E-state index in [9.17, 15) is 9.90 Å². The van der Waals surface area contributed by atoms with Gasteiger partial charge in [-0.05, 0) is 26.3 Å². The molecule has 3 heterocycles. The summed E-state index contributed by atoms with van der Waals surface area (Å²) in [4.78, 5) is 28.4. The van der Waals surface area contributed by atoms with Crippen molar-refractivity contribution in [1.82, 2.24) is 19.8 Å². The quantitative estimate of drug-likeness (QED) is 0.809. The van der Waals surface area contributed by atoms with E-state index in [1.54, 1.807) is 6.33 Å². The highest BCUT2D eigenvalue weighted by Gasteiger charge is 2.36. The number of carbonyl (C=O) groups is 1. The van der Waals surface area contributed by atoms with Gasteiger partial charge in [0, 0.05) is 57.2 Å². The fourth-order valence-corrected chi connectivity index (χ4v) is 4.07. The number of aliphatic hydroxyl groups excluding tert-OH is 1. The second-order valence-corrected chi connectivity index (χ2v) is 7.56. The van der Waals surface area contributed by atoms with Crippen LogP contribution in [0.1, 0.15) is 24.1 Å². The zero-order valence-corrected chi connectivity index (χ0v) is 14.9. The number of amides is 1. The molecule has 0 bridgehead atoms. The topological polar surface area (TPSA) is 72.8 Å². The SMILES string of the molecule is CN1CCN(c2ncnc3c2CCN(C(=O)C2CC(O)C2)CC3)CC1. The maximum atomic E-state index is 12.6. The number of nitrogens with zero attached hydrogens (tertiary/aromatic N) is 5. The lowest BCUT2D eigenvalue weighted by atomic mass is 9.81. The van der Waals surface area contributed by atoms with Crippen LogP contribution < -0.4 is 4.90 Å². The number of fused-ring (bicyclic) bond motifs is 1. The monoisotopic (exact) mass is 345 g/mol. The van der Waals surface area contributed by atoms with Gasteiger partial charge in [-0.3, -0.25) is 4.79 Å². The van der Waals surface area contributed by atoms with Gasteiger partial charge in [0.05, 0.1) is 11.8 Å². The van der Waals surface area contributed by atoms with Gasteiger partial charge in [-0.15, -0.1) is 0 Å². The molecule has 0 unspecified atom stereocenters. The lowest BCUT2D eigenvalue weighted by Crippen LogP contribution is -2.45. The van der Waals surface area contributed by atoms with E-state index in [4.69, 9.17) is 0 Å². The van der Waals surface area contributed by atoms with Crippen molar-refractivity contribution in [3.8, 4) is 0 Å². The molecule has 4 rings (SSSR count). The van der Waals surface area contributed by atoms with Crippen molar-refractivity contribution >= 4 is 11.7 Å². The van der Waals surface area contributed by atoms with Gasteiger partial charge in [-0.25, -0.2) is 9.97 Å². The molecule has 25 heavy (non-hydrogen) atoms. The summed E-state index contributed by atoms with van der Waals surface area (Å²) >= 11 is 0. The van der Waals surface area contributed by atoms with Crippen LogP contribution in [0.2, 0.25) is 0 Å². The van der Waals surface area contributed by atoms with Crippen LogP contribution in [0.3, 0.4) is 0 Å². The van der Waals surface area contributed by atoms with Crippen LogP contribution in [-0.2, 0) is 17.6 Å². The number of likely N-dealkylation sites (N-methyl/N-ethyl adjacent to an activating group) is 1. The Hall–Kier alpha value is -1.73. The predicted molar refractivity (Wildman–Crippen MR) is 94.5 cm³/mol. The summed E-state index contributed by atoms with van der Waals surface area (Å²) in [7, 11) is 2.15. The van der Waals surface area contributed by atoms with E-state index in [1.807, 2.05) is 4.90 Å². The molecule has 2 fully saturated rings. The molecule has 0 aromatic carbocycles. The van der Waals surface area contributed by atoms with Crippen LogP contribution in [0.5, 0.6) is 0 Å². The molecule has 0 radical (unpaired) electrons. The standard InChI is InChI=1S/C18H27N5O2/c1-21-6-8-22(9-7-21)17-15-2-4-23(5-3-16(15)19-12-20-17)18(25)13-10-14(24)11-13/h12-14,24H,2-11H2,1H3. The first-order chi connectivity index (χ1) is 12.1. The number of hydrogen-bond acceptors (Lipinski definition) is 6. The molecule has 136 valence electrons. The molecule has 0 atom stereocenters. The number of hydrogen-bond donors (Lipinski definition) is 1.